The number of imidazole rings is 1. The summed E-state index contributed by atoms with van der Waals surface area (Å²) in [6.07, 6.45) is -2.59. The second-order valence-corrected chi connectivity index (χ2v) is 10.3. The molecule has 0 saturated carbocycles. The van der Waals surface area contributed by atoms with Crippen molar-refractivity contribution in [2.75, 3.05) is 12.3 Å². The Morgan fingerprint density at radius 3 is 2.56 bits per heavy atom. The van der Waals surface area contributed by atoms with Crippen molar-refractivity contribution in [3.63, 3.8) is 0 Å². The Bertz CT molecular complexity index is 1710. The number of benzene rings is 3. The molecule has 200 valence electrons. The molecule has 2 aromatic heterocycles. The van der Waals surface area contributed by atoms with E-state index in [1.54, 1.807) is 17.0 Å². The van der Waals surface area contributed by atoms with Gasteiger partial charge in [0.15, 0.2) is 11.5 Å². The molecule has 0 unspecified atom stereocenters. The van der Waals surface area contributed by atoms with Gasteiger partial charge in [0.25, 0.3) is 0 Å². The molecule has 7 rings (SSSR count). The van der Waals surface area contributed by atoms with Crippen molar-refractivity contribution in [3.05, 3.63) is 72.3 Å². The zero-order valence-corrected chi connectivity index (χ0v) is 20.8. The smallest absolute Gasteiger partial charge is 0.167 e. The van der Waals surface area contributed by atoms with Crippen LogP contribution in [0.3, 0.4) is 0 Å². The SMILES string of the molecule is Nc1ncnc2c1ncn2[C@H]1C[C@H](O)[C@@H](CN[C@H]2c3c(ccc4cc5ccccc5cc34)[C@@H](O)[C@H](O)[C@@H]2O)O1. The van der Waals surface area contributed by atoms with Crippen molar-refractivity contribution < 1.29 is 25.2 Å². The molecule has 11 nitrogen and oxygen atoms in total. The first kappa shape index (κ1) is 24.3. The van der Waals surface area contributed by atoms with E-state index >= 15 is 0 Å². The number of hydrogen-bond acceptors (Lipinski definition) is 10. The first-order valence-corrected chi connectivity index (χ1v) is 12.9. The van der Waals surface area contributed by atoms with Crippen molar-refractivity contribution in [2.45, 2.75) is 49.2 Å². The van der Waals surface area contributed by atoms with Gasteiger partial charge >= 0.3 is 0 Å². The van der Waals surface area contributed by atoms with Gasteiger partial charge in [-0.25, -0.2) is 15.0 Å². The van der Waals surface area contributed by atoms with E-state index < -0.39 is 42.8 Å². The van der Waals surface area contributed by atoms with Gasteiger partial charge in [-0.15, -0.1) is 0 Å². The Hall–Kier alpha value is -3.71. The maximum atomic E-state index is 11.1. The van der Waals surface area contributed by atoms with Crippen LogP contribution >= 0.6 is 0 Å². The van der Waals surface area contributed by atoms with Crippen LogP contribution in [0.4, 0.5) is 5.82 Å². The van der Waals surface area contributed by atoms with E-state index in [0.717, 1.165) is 27.1 Å². The van der Waals surface area contributed by atoms with Crippen LogP contribution in [0.1, 0.15) is 35.9 Å². The number of aliphatic hydroxyl groups excluding tert-OH is 4. The summed E-state index contributed by atoms with van der Waals surface area (Å²) in [4.78, 5) is 12.5. The minimum absolute atomic E-state index is 0.190. The molecular formula is C28H28N6O5. The number of nitrogen functional groups attached to an aromatic ring is 1. The highest BCUT2D eigenvalue weighted by molar-refractivity contribution is 6.00. The van der Waals surface area contributed by atoms with Crippen molar-refractivity contribution >= 4 is 38.5 Å². The number of rotatable bonds is 4. The highest BCUT2D eigenvalue weighted by Gasteiger charge is 2.43. The average Bonchev–Trinajstić information content (AvgIpc) is 3.54. The second-order valence-electron chi connectivity index (χ2n) is 10.3. The highest BCUT2D eigenvalue weighted by atomic mass is 16.5. The van der Waals surface area contributed by atoms with Crippen LogP contribution in [-0.4, -0.2) is 70.9 Å². The van der Waals surface area contributed by atoms with Crippen LogP contribution in [0.25, 0.3) is 32.7 Å². The van der Waals surface area contributed by atoms with Crippen LogP contribution in [0, 0.1) is 0 Å². The lowest BCUT2D eigenvalue weighted by Gasteiger charge is -2.39. The van der Waals surface area contributed by atoms with E-state index in [2.05, 4.69) is 26.3 Å². The Morgan fingerprint density at radius 1 is 0.949 bits per heavy atom. The third-order valence-corrected chi connectivity index (χ3v) is 8.05. The zero-order valence-electron chi connectivity index (χ0n) is 20.8. The molecule has 3 aromatic carbocycles. The number of ether oxygens (including phenoxy) is 1. The first-order chi connectivity index (χ1) is 18.9. The number of hydrogen-bond donors (Lipinski definition) is 6. The first-order valence-electron chi connectivity index (χ1n) is 12.9. The number of aromatic nitrogens is 4. The summed E-state index contributed by atoms with van der Waals surface area (Å²) in [5, 5.41) is 50.7. The lowest BCUT2D eigenvalue weighted by Crippen LogP contribution is -2.49. The Labute approximate surface area is 222 Å². The topological polar surface area (TPSA) is 172 Å². The quantitative estimate of drug-likeness (QED) is 0.188. The Kier molecular flexibility index (Phi) is 5.74. The van der Waals surface area contributed by atoms with Crippen molar-refractivity contribution in [1.29, 1.82) is 0 Å². The van der Waals surface area contributed by atoms with E-state index in [-0.39, 0.29) is 12.4 Å². The third-order valence-electron chi connectivity index (χ3n) is 8.05. The van der Waals surface area contributed by atoms with Crippen molar-refractivity contribution in [3.8, 4) is 0 Å². The molecular weight excluding hydrogens is 500 g/mol. The van der Waals surface area contributed by atoms with Crippen LogP contribution in [-0.2, 0) is 4.74 Å². The Morgan fingerprint density at radius 2 is 1.74 bits per heavy atom. The normalized spacial score (nSPS) is 28.9. The molecule has 0 radical (unpaired) electrons. The molecule has 5 aromatic rings. The second kappa shape index (κ2) is 9.19. The fourth-order valence-corrected chi connectivity index (χ4v) is 6.01. The maximum Gasteiger partial charge on any atom is 0.167 e. The average molecular weight is 529 g/mol. The molecule has 0 spiro atoms. The summed E-state index contributed by atoms with van der Waals surface area (Å²) in [6.45, 7) is 0.190. The number of aliphatic hydroxyl groups is 4. The van der Waals surface area contributed by atoms with Gasteiger partial charge in [0, 0.05) is 13.0 Å². The zero-order chi connectivity index (χ0) is 26.8. The van der Waals surface area contributed by atoms with Gasteiger partial charge in [-0.3, -0.25) is 4.57 Å². The molecule has 1 fully saturated rings. The van der Waals surface area contributed by atoms with Gasteiger partial charge in [0.2, 0.25) is 0 Å². The summed E-state index contributed by atoms with van der Waals surface area (Å²) in [5.74, 6) is 0.265. The van der Waals surface area contributed by atoms with Crippen molar-refractivity contribution in [1.82, 2.24) is 24.8 Å². The fourth-order valence-electron chi connectivity index (χ4n) is 6.01. The summed E-state index contributed by atoms with van der Waals surface area (Å²) in [5.41, 5.74) is 8.16. The van der Waals surface area contributed by atoms with E-state index in [4.69, 9.17) is 10.5 Å². The lowest BCUT2D eigenvalue weighted by atomic mass is 9.78. The third kappa shape index (κ3) is 3.86. The molecule has 1 saturated heterocycles. The van der Waals surface area contributed by atoms with Gasteiger partial charge in [-0.05, 0) is 44.8 Å². The number of nitrogens with zero attached hydrogens (tertiary/aromatic N) is 4. The van der Waals surface area contributed by atoms with Gasteiger partial charge in [0.05, 0.1) is 24.6 Å². The predicted molar refractivity (Wildman–Crippen MR) is 143 cm³/mol. The van der Waals surface area contributed by atoms with Gasteiger partial charge < -0.3 is 36.2 Å². The number of fused-ring (bicyclic) bond motifs is 5. The van der Waals surface area contributed by atoms with Crippen molar-refractivity contribution in [2.24, 2.45) is 0 Å². The van der Waals surface area contributed by atoms with Crippen LogP contribution in [0.5, 0.6) is 0 Å². The molecule has 1 aliphatic carbocycles. The number of nitrogens with one attached hydrogen (secondary N) is 1. The van der Waals surface area contributed by atoms with Crippen LogP contribution in [0.15, 0.2) is 61.2 Å². The van der Waals surface area contributed by atoms with Crippen LogP contribution < -0.4 is 11.1 Å². The summed E-state index contributed by atoms with van der Waals surface area (Å²) >= 11 is 0. The van der Waals surface area contributed by atoms with E-state index in [1.165, 1.54) is 6.33 Å². The van der Waals surface area contributed by atoms with E-state index in [1.807, 2.05) is 36.4 Å². The molecule has 3 heterocycles. The Balaban J connectivity index is 1.20. The molecule has 39 heavy (non-hydrogen) atoms. The molecule has 0 bridgehead atoms. The van der Waals surface area contributed by atoms with Gasteiger partial charge in [-0.1, -0.05) is 36.4 Å². The molecule has 1 aliphatic heterocycles. The standard InChI is InChI=1S/C28H28N6O5/c29-27-23-28(32-11-31-27)34(12-33-23)20-9-18(35)19(39-20)10-30-22-21-16(24(36)26(38)25(22)37)6-5-15-7-13-3-1-2-4-14(13)8-17(15)21/h1-8,11-12,18-20,22,24-26,30,35-38H,9-10H2,(H2,29,31,32)/t18-,19+,20+,22-,24+,25+,26-/m0/s1. The van der Waals surface area contributed by atoms with Crippen LogP contribution in [0.2, 0.25) is 0 Å². The highest BCUT2D eigenvalue weighted by Crippen LogP contribution is 2.42. The minimum atomic E-state index is -1.38. The van der Waals surface area contributed by atoms with E-state index in [9.17, 15) is 20.4 Å². The fraction of sp³-hybridized carbons (Fsp3) is 0.321. The predicted octanol–water partition coefficient (Wildman–Crippen LogP) is 1.46. The monoisotopic (exact) mass is 528 g/mol. The molecule has 2 aliphatic rings. The van der Waals surface area contributed by atoms with Gasteiger partial charge in [0.1, 0.15) is 36.4 Å². The summed E-state index contributed by atoms with van der Waals surface area (Å²) < 4.78 is 7.91. The summed E-state index contributed by atoms with van der Waals surface area (Å²) in [7, 11) is 0. The molecule has 7 N–H and O–H groups in total. The van der Waals surface area contributed by atoms with E-state index in [0.29, 0.717) is 23.1 Å². The molecule has 0 amide bonds. The minimum Gasteiger partial charge on any atom is -0.390 e. The maximum absolute atomic E-state index is 11.1. The number of anilines is 1. The summed E-state index contributed by atoms with van der Waals surface area (Å²) in [6, 6.07) is 15.1. The largest absolute Gasteiger partial charge is 0.390 e. The molecule has 11 heteroatoms. The lowest BCUT2D eigenvalue weighted by molar-refractivity contribution is -0.0875. The molecule has 7 atom stereocenters. The number of nitrogens with two attached hydrogens (primary N) is 1. The van der Waals surface area contributed by atoms with Gasteiger partial charge in [-0.2, -0.15) is 0 Å².